The molecule has 0 aliphatic rings. The molecule has 1 aromatic heterocycles. The van der Waals surface area contributed by atoms with Crippen molar-refractivity contribution < 1.29 is 23.5 Å². The van der Waals surface area contributed by atoms with Crippen molar-refractivity contribution in [3.63, 3.8) is 0 Å². The number of nitrogens with one attached hydrogen (secondary N) is 1. The van der Waals surface area contributed by atoms with Crippen LogP contribution in [0.5, 0.6) is 5.75 Å². The van der Waals surface area contributed by atoms with Crippen molar-refractivity contribution in [1.29, 1.82) is 0 Å². The highest BCUT2D eigenvalue weighted by atomic mass is 19.1. The Balaban J connectivity index is 1.55. The number of hydrogen-bond donors (Lipinski definition) is 1. The van der Waals surface area contributed by atoms with Gasteiger partial charge in [0.15, 0.2) is 6.61 Å². The number of aromatic nitrogens is 4. The van der Waals surface area contributed by atoms with Gasteiger partial charge in [0.1, 0.15) is 18.1 Å². The Bertz CT molecular complexity index is 973. The minimum absolute atomic E-state index is 0.148. The predicted molar refractivity (Wildman–Crippen MR) is 100 cm³/mol. The molecular formula is C19H18FN5O4. The van der Waals surface area contributed by atoms with Crippen molar-refractivity contribution in [1.82, 2.24) is 20.2 Å². The number of amides is 1. The highest BCUT2D eigenvalue weighted by Crippen LogP contribution is 2.18. The second kappa shape index (κ2) is 9.40. The zero-order valence-electron chi connectivity index (χ0n) is 15.5. The largest absolute Gasteiger partial charge is 0.482 e. The van der Waals surface area contributed by atoms with E-state index in [2.05, 4.69) is 20.7 Å². The molecule has 0 unspecified atom stereocenters. The first-order chi connectivity index (χ1) is 14.0. The number of esters is 1. The van der Waals surface area contributed by atoms with Crippen LogP contribution in [-0.2, 0) is 20.9 Å². The highest BCUT2D eigenvalue weighted by molar-refractivity contribution is 5.90. The second-order valence-electron chi connectivity index (χ2n) is 5.82. The van der Waals surface area contributed by atoms with Crippen LogP contribution < -0.4 is 10.1 Å². The molecule has 3 rings (SSSR count). The lowest BCUT2D eigenvalue weighted by molar-refractivity contribution is -0.145. The second-order valence-corrected chi connectivity index (χ2v) is 5.82. The Labute approximate surface area is 165 Å². The molecule has 3 aromatic rings. The van der Waals surface area contributed by atoms with Crippen molar-refractivity contribution in [3.05, 3.63) is 54.3 Å². The molecule has 10 heteroatoms. The molecule has 1 amide bonds. The molecule has 1 heterocycles. The third-order valence-electron chi connectivity index (χ3n) is 3.64. The van der Waals surface area contributed by atoms with E-state index in [0.29, 0.717) is 29.4 Å². The van der Waals surface area contributed by atoms with E-state index in [9.17, 15) is 14.0 Å². The summed E-state index contributed by atoms with van der Waals surface area (Å²) >= 11 is 0. The molecule has 0 aliphatic carbocycles. The van der Waals surface area contributed by atoms with Crippen LogP contribution in [0.1, 0.15) is 6.92 Å². The maximum Gasteiger partial charge on any atom is 0.344 e. The molecule has 0 saturated heterocycles. The van der Waals surface area contributed by atoms with Gasteiger partial charge in [-0.1, -0.05) is 0 Å². The first-order valence-corrected chi connectivity index (χ1v) is 8.75. The smallest absolute Gasteiger partial charge is 0.344 e. The lowest BCUT2D eigenvalue weighted by Crippen LogP contribution is -2.20. The minimum Gasteiger partial charge on any atom is -0.482 e. The van der Waals surface area contributed by atoms with Crippen LogP contribution in [0.2, 0.25) is 0 Å². The van der Waals surface area contributed by atoms with Gasteiger partial charge in [-0.3, -0.25) is 4.79 Å². The van der Waals surface area contributed by atoms with Crippen LogP contribution in [0.3, 0.4) is 0 Å². The van der Waals surface area contributed by atoms with Gasteiger partial charge in [0.05, 0.1) is 6.61 Å². The summed E-state index contributed by atoms with van der Waals surface area (Å²) < 4.78 is 23.0. The van der Waals surface area contributed by atoms with E-state index in [-0.39, 0.29) is 24.9 Å². The molecule has 0 radical (unpaired) electrons. The molecule has 9 nitrogen and oxygen atoms in total. The highest BCUT2D eigenvalue weighted by Gasteiger charge is 2.10. The van der Waals surface area contributed by atoms with Crippen LogP contribution >= 0.6 is 0 Å². The van der Waals surface area contributed by atoms with Gasteiger partial charge in [-0.25, -0.2) is 9.18 Å². The van der Waals surface area contributed by atoms with Gasteiger partial charge >= 0.3 is 5.97 Å². The number of halogens is 1. The summed E-state index contributed by atoms with van der Waals surface area (Å²) in [5.41, 5.74) is 1.13. The zero-order chi connectivity index (χ0) is 20.6. The van der Waals surface area contributed by atoms with Gasteiger partial charge in [-0.2, -0.15) is 4.80 Å². The van der Waals surface area contributed by atoms with E-state index in [1.807, 2.05) is 0 Å². The molecule has 1 N–H and O–H groups in total. The van der Waals surface area contributed by atoms with Crippen LogP contribution in [0, 0.1) is 5.82 Å². The van der Waals surface area contributed by atoms with Crippen molar-refractivity contribution in [3.8, 4) is 17.1 Å². The first-order valence-electron chi connectivity index (χ1n) is 8.75. The number of ether oxygens (including phenoxy) is 2. The van der Waals surface area contributed by atoms with E-state index < -0.39 is 5.97 Å². The summed E-state index contributed by atoms with van der Waals surface area (Å²) in [6.07, 6.45) is 0. The molecule has 29 heavy (non-hydrogen) atoms. The normalized spacial score (nSPS) is 10.4. The zero-order valence-corrected chi connectivity index (χ0v) is 15.5. The minimum atomic E-state index is -0.444. The number of anilines is 1. The Morgan fingerprint density at radius 3 is 2.52 bits per heavy atom. The number of hydrogen-bond acceptors (Lipinski definition) is 7. The van der Waals surface area contributed by atoms with Crippen LogP contribution in [-0.4, -0.2) is 45.3 Å². The molecule has 0 atom stereocenters. The van der Waals surface area contributed by atoms with E-state index >= 15 is 0 Å². The fraction of sp³-hybridized carbons (Fsp3) is 0.211. The van der Waals surface area contributed by atoms with Gasteiger partial charge in [-0.15, -0.1) is 10.2 Å². The molecule has 150 valence electrons. The van der Waals surface area contributed by atoms with E-state index in [4.69, 9.17) is 9.47 Å². The molecule has 0 aliphatic heterocycles. The third-order valence-corrected chi connectivity index (χ3v) is 3.64. The SMILES string of the molecule is CCOC(=O)COc1ccc(-c2nnn(CC(=O)Nc3ccc(F)cc3)n2)cc1. The number of nitrogens with zero attached hydrogens (tertiary/aromatic N) is 4. The fourth-order valence-electron chi connectivity index (χ4n) is 2.33. The Morgan fingerprint density at radius 2 is 1.83 bits per heavy atom. The quantitative estimate of drug-likeness (QED) is 0.578. The summed E-state index contributed by atoms with van der Waals surface area (Å²) in [5.74, 6) is -0.379. The number of benzene rings is 2. The van der Waals surface area contributed by atoms with Gasteiger partial charge in [0.25, 0.3) is 0 Å². The summed E-state index contributed by atoms with van der Waals surface area (Å²) in [6, 6.07) is 12.2. The lowest BCUT2D eigenvalue weighted by Gasteiger charge is -2.05. The summed E-state index contributed by atoms with van der Waals surface area (Å²) in [4.78, 5) is 24.5. The maximum atomic E-state index is 12.9. The standard InChI is InChI=1S/C19H18FN5O4/c1-2-28-18(27)12-29-16-9-3-13(4-10-16)19-22-24-25(23-19)11-17(26)21-15-7-5-14(20)6-8-15/h3-10H,2,11-12H2,1H3,(H,21,26). The van der Waals surface area contributed by atoms with Gasteiger partial charge in [0.2, 0.25) is 11.7 Å². The average Bonchev–Trinajstić information content (AvgIpc) is 3.17. The van der Waals surface area contributed by atoms with E-state index in [1.54, 1.807) is 31.2 Å². The van der Waals surface area contributed by atoms with Crippen molar-refractivity contribution in [2.24, 2.45) is 0 Å². The van der Waals surface area contributed by atoms with Gasteiger partial charge < -0.3 is 14.8 Å². The van der Waals surface area contributed by atoms with Crippen molar-refractivity contribution >= 4 is 17.6 Å². The fourth-order valence-corrected chi connectivity index (χ4v) is 2.33. The average molecular weight is 399 g/mol. The molecule has 0 fully saturated rings. The van der Waals surface area contributed by atoms with E-state index in [1.165, 1.54) is 24.3 Å². The molecule has 0 spiro atoms. The molecule has 0 bridgehead atoms. The maximum absolute atomic E-state index is 12.9. The summed E-state index contributed by atoms with van der Waals surface area (Å²) in [6.45, 7) is 1.69. The van der Waals surface area contributed by atoms with Crippen molar-refractivity contribution in [2.75, 3.05) is 18.5 Å². The first kappa shape index (κ1) is 19.9. The van der Waals surface area contributed by atoms with Crippen LogP contribution in [0.4, 0.5) is 10.1 Å². The monoisotopic (exact) mass is 399 g/mol. The Morgan fingerprint density at radius 1 is 1.10 bits per heavy atom. The molecule has 2 aromatic carbocycles. The van der Waals surface area contributed by atoms with E-state index in [0.717, 1.165) is 4.80 Å². The third kappa shape index (κ3) is 5.83. The molecular weight excluding hydrogens is 381 g/mol. The lowest BCUT2D eigenvalue weighted by atomic mass is 10.2. The van der Waals surface area contributed by atoms with Gasteiger partial charge in [0, 0.05) is 11.3 Å². The Kier molecular flexibility index (Phi) is 6.46. The summed E-state index contributed by atoms with van der Waals surface area (Å²) in [7, 11) is 0. The number of tetrazole rings is 1. The topological polar surface area (TPSA) is 108 Å². The van der Waals surface area contributed by atoms with Crippen LogP contribution in [0.15, 0.2) is 48.5 Å². The molecule has 0 saturated carbocycles. The van der Waals surface area contributed by atoms with Gasteiger partial charge in [-0.05, 0) is 60.7 Å². The summed E-state index contributed by atoms with van der Waals surface area (Å²) in [5, 5.41) is 14.6. The Hall–Kier alpha value is -3.82. The number of carbonyl (C=O) groups excluding carboxylic acids is 2. The number of carbonyl (C=O) groups is 2. The predicted octanol–water partition coefficient (Wildman–Crippen LogP) is 2.06. The van der Waals surface area contributed by atoms with Crippen molar-refractivity contribution in [2.45, 2.75) is 13.5 Å². The van der Waals surface area contributed by atoms with Crippen LogP contribution in [0.25, 0.3) is 11.4 Å². The number of rotatable bonds is 8.